The molecular weight excluding hydrogens is 208 g/mol. The summed E-state index contributed by atoms with van der Waals surface area (Å²) in [4.78, 5) is 19.3. The maximum absolute atomic E-state index is 11.2. The average Bonchev–Trinajstić information content (AvgIpc) is 2.75. The lowest BCUT2D eigenvalue weighted by atomic mass is 10.2. The summed E-state index contributed by atoms with van der Waals surface area (Å²) in [5, 5.41) is 0. The number of aromatic nitrogens is 2. The molecule has 0 saturated heterocycles. The number of carbonyl (C=O) groups is 1. The zero-order valence-corrected chi connectivity index (χ0v) is 8.93. The van der Waals surface area contributed by atoms with Crippen molar-refractivity contribution in [3.05, 3.63) is 36.0 Å². The number of methoxy groups -OCH3 is 1. The number of aryl methyl sites for hydroxylation is 1. The van der Waals surface area contributed by atoms with E-state index in [1.165, 1.54) is 19.7 Å². The molecule has 2 rings (SSSR count). The molecule has 0 aromatic carbocycles. The van der Waals surface area contributed by atoms with Gasteiger partial charge < -0.3 is 9.15 Å². The first-order valence-electron chi connectivity index (χ1n) is 4.67. The maximum Gasteiger partial charge on any atom is 0.339 e. The molecule has 82 valence electrons. The van der Waals surface area contributed by atoms with Crippen LogP contribution in [0.5, 0.6) is 0 Å². The number of oxazole rings is 1. The van der Waals surface area contributed by atoms with Crippen molar-refractivity contribution in [3.8, 4) is 11.5 Å². The Kier molecular flexibility index (Phi) is 2.68. The third-order valence-electron chi connectivity index (χ3n) is 2.16. The van der Waals surface area contributed by atoms with E-state index in [1.807, 2.05) is 6.92 Å². The molecule has 0 radical (unpaired) electrons. The lowest BCUT2D eigenvalue weighted by molar-refractivity contribution is 0.0600. The Morgan fingerprint density at radius 2 is 2.19 bits per heavy atom. The van der Waals surface area contributed by atoms with Crippen molar-refractivity contribution in [2.45, 2.75) is 6.92 Å². The Bertz CT molecular complexity index is 502. The molecule has 0 aliphatic heterocycles. The molecule has 0 atom stereocenters. The number of esters is 1. The summed E-state index contributed by atoms with van der Waals surface area (Å²) >= 11 is 0. The van der Waals surface area contributed by atoms with Gasteiger partial charge in [-0.25, -0.2) is 9.78 Å². The van der Waals surface area contributed by atoms with Gasteiger partial charge in [-0.1, -0.05) is 0 Å². The Balaban J connectivity index is 2.33. The Morgan fingerprint density at radius 3 is 2.69 bits per heavy atom. The predicted octanol–water partition coefficient (Wildman–Crippen LogP) is 1.83. The molecule has 0 fully saturated rings. The largest absolute Gasteiger partial charge is 0.465 e. The first-order chi connectivity index (χ1) is 7.72. The highest BCUT2D eigenvalue weighted by molar-refractivity contribution is 5.89. The van der Waals surface area contributed by atoms with E-state index in [2.05, 4.69) is 14.7 Å². The molecule has 0 unspecified atom stereocenters. The standard InChI is InChI=1S/C11H10N2O3/c1-7-10(16-6-13-7)9-4-3-8(5-12-9)11(14)15-2/h3-6H,1-2H3. The fourth-order valence-corrected chi connectivity index (χ4v) is 1.31. The van der Waals surface area contributed by atoms with Crippen LogP contribution in [0.4, 0.5) is 0 Å². The average molecular weight is 218 g/mol. The van der Waals surface area contributed by atoms with Gasteiger partial charge >= 0.3 is 5.97 Å². The molecule has 2 aromatic heterocycles. The highest BCUT2D eigenvalue weighted by Gasteiger charge is 2.10. The van der Waals surface area contributed by atoms with Crippen LogP contribution in [0.2, 0.25) is 0 Å². The minimum Gasteiger partial charge on any atom is -0.465 e. The van der Waals surface area contributed by atoms with Crippen molar-refractivity contribution < 1.29 is 13.9 Å². The van der Waals surface area contributed by atoms with Gasteiger partial charge in [0, 0.05) is 6.20 Å². The normalized spacial score (nSPS) is 10.1. The summed E-state index contributed by atoms with van der Waals surface area (Å²) < 4.78 is 9.76. The summed E-state index contributed by atoms with van der Waals surface area (Å²) in [6, 6.07) is 3.33. The van der Waals surface area contributed by atoms with Gasteiger partial charge in [0.25, 0.3) is 0 Å². The molecule has 0 aliphatic rings. The Morgan fingerprint density at radius 1 is 1.38 bits per heavy atom. The fraction of sp³-hybridized carbons (Fsp3) is 0.182. The monoisotopic (exact) mass is 218 g/mol. The molecular formula is C11H10N2O3. The third kappa shape index (κ3) is 1.79. The summed E-state index contributed by atoms with van der Waals surface area (Å²) in [7, 11) is 1.33. The lowest BCUT2D eigenvalue weighted by Gasteiger charge is -2.00. The number of rotatable bonds is 2. The maximum atomic E-state index is 11.2. The zero-order valence-electron chi connectivity index (χ0n) is 8.93. The lowest BCUT2D eigenvalue weighted by Crippen LogP contribution is -2.01. The van der Waals surface area contributed by atoms with Gasteiger partial charge in [-0.2, -0.15) is 0 Å². The van der Waals surface area contributed by atoms with E-state index in [0.29, 0.717) is 17.0 Å². The van der Waals surface area contributed by atoms with E-state index in [9.17, 15) is 4.79 Å². The Labute approximate surface area is 92.1 Å². The van der Waals surface area contributed by atoms with E-state index < -0.39 is 5.97 Å². The van der Waals surface area contributed by atoms with Crippen molar-refractivity contribution >= 4 is 5.97 Å². The van der Waals surface area contributed by atoms with Gasteiger partial charge in [-0.3, -0.25) is 4.98 Å². The summed E-state index contributed by atoms with van der Waals surface area (Å²) in [6.07, 6.45) is 2.81. The number of nitrogens with zero attached hydrogens (tertiary/aromatic N) is 2. The highest BCUT2D eigenvalue weighted by atomic mass is 16.5. The fourth-order valence-electron chi connectivity index (χ4n) is 1.31. The van der Waals surface area contributed by atoms with Gasteiger partial charge in [0.15, 0.2) is 12.2 Å². The van der Waals surface area contributed by atoms with Crippen LogP contribution in [-0.4, -0.2) is 23.0 Å². The molecule has 2 heterocycles. The van der Waals surface area contributed by atoms with Gasteiger partial charge in [0.05, 0.1) is 18.4 Å². The number of hydrogen-bond acceptors (Lipinski definition) is 5. The van der Waals surface area contributed by atoms with E-state index >= 15 is 0 Å². The van der Waals surface area contributed by atoms with Crippen LogP contribution in [0.25, 0.3) is 11.5 Å². The van der Waals surface area contributed by atoms with Crippen molar-refractivity contribution in [1.29, 1.82) is 0 Å². The first-order valence-corrected chi connectivity index (χ1v) is 4.67. The smallest absolute Gasteiger partial charge is 0.339 e. The van der Waals surface area contributed by atoms with Crippen molar-refractivity contribution in [2.75, 3.05) is 7.11 Å². The third-order valence-corrected chi connectivity index (χ3v) is 2.16. The van der Waals surface area contributed by atoms with Crippen molar-refractivity contribution in [3.63, 3.8) is 0 Å². The zero-order chi connectivity index (χ0) is 11.5. The van der Waals surface area contributed by atoms with Gasteiger partial charge in [0.2, 0.25) is 0 Å². The van der Waals surface area contributed by atoms with Gasteiger partial charge in [0.1, 0.15) is 5.69 Å². The molecule has 0 saturated carbocycles. The number of pyridine rings is 1. The SMILES string of the molecule is COC(=O)c1ccc(-c2ocnc2C)nc1. The number of hydrogen-bond donors (Lipinski definition) is 0. The van der Waals surface area contributed by atoms with Gasteiger partial charge in [-0.15, -0.1) is 0 Å². The van der Waals surface area contributed by atoms with E-state index in [1.54, 1.807) is 12.1 Å². The van der Waals surface area contributed by atoms with Crippen molar-refractivity contribution in [1.82, 2.24) is 9.97 Å². The van der Waals surface area contributed by atoms with Crippen LogP contribution in [0.1, 0.15) is 16.1 Å². The summed E-state index contributed by atoms with van der Waals surface area (Å²) in [5.74, 6) is 0.199. The second-order valence-corrected chi connectivity index (χ2v) is 3.19. The molecule has 5 heteroatoms. The second-order valence-electron chi connectivity index (χ2n) is 3.19. The predicted molar refractivity (Wildman–Crippen MR) is 55.8 cm³/mol. The highest BCUT2D eigenvalue weighted by Crippen LogP contribution is 2.20. The van der Waals surface area contributed by atoms with Crippen LogP contribution < -0.4 is 0 Å². The van der Waals surface area contributed by atoms with Crippen LogP contribution in [0, 0.1) is 6.92 Å². The minimum absolute atomic E-state index is 0.406. The topological polar surface area (TPSA) is 65.2 Å². The van der Waals surface area contributed by atoms with E-state index in [-0.39, 0.29) is 0 Å². The molecule has 0 amide bonds. The van der Waals surface area contributed by atoms with Crippen LogP contribution in [-0.2, 0) is 4.74 Å². The number of carbonyl (C=O) groups excluding carboxylic acids is 1. The quantitative estimate of drug-likeness (QED) is 0.719. The molecule has 0 bridgehead atoms. The van der Waals surface area contributed by atoms with E-state index in [0.717, 1.165) is 5.69 Å². The van der Waals surface area contributed by atoms with Crippen LogP contribution >= 0.6 is 0 Å². The first kappa shape index (κ1) is 10.4. The van der Waals surface area contributed by atoms with Gasteiger partial charge in [-0.05, 0) is 19.1 Å². The molecule has 2 aromatic rings. The van der Waals surface area contributed by atoms with E-state index in [4.69, 9.17) is 4.42 Å². The van der Waals surface area contributed by atoms with Crippen LogP contribution in [0.15, 0.2) is 29.1 Å². The molecule has 0 N–H and O–H groups in total. The number of ether oxygens (including phenoxy) is 1. The molecule has 16 heavy (non-hydrogen) atoms. The molecule has 0 spiro atoms. The summed E-state index contributed by atoms with van der Waals surface area (Å²) in [5.41, 5.74) is 1.81. The molecule has 5 nitrogen and oxygen atoms in total. The minimum atomic E-state index is -0.409. The molecule has 0 aliphatic carbocycles. The van der Waals surface area contributed by atoms with Crippen LogP contribution in [0.3, 0.4) is 0 Å². The van der Waals surface area contributed by atoms with Crippen molar-refractivity contribution in [2.24, 2.45) is 0 Å². The Hall–Kier alpha value is -2.17. The summed E-state index contributed by atoms with van der Waals surface area (Å²) in [6.45, 7) is 1.83. The second kappa shape index (κ2) is 4.14.